The van der Waals surface area contributed by atoms with E-state index in [9.17, 15) is 0 Å². The van der Waals surface area contributed by atoms with Crippen LogP contribution in [0.4, 0.5) is 0 Å². The number of rotatable bonds is 4. The minimum Gasteiger partial charge on any atom is -0.392 e. The Bertz CT molecular complexity index is 83.3. The van der Waals surface area contributed by atoms with E-state index in [0.717, 1.165) is 6.42 Å². The first-order valence-corrected chi connectivity index (χ1v) is 4.35. The van der Waals surface area contributed by atoms with Crippen molar-refractivity contribution in [1.82, 2.24) is 0 Å². The molecule has 2 unspecified atom stereocenters. The van der Waals surface area contributed by atoms with Crippen LogP contribution in [-0.2, 0) is 0 Å². The van der Waals surface area contributed by atoms with Gasteiger partial charge in [0.25, 0.3) is 0 Å². The number of aliphatic hydroxyl groups is 1. The maximum absolute atomic E-state index is 9.15. The molecule has 0 radical (unpaired) electrons. The second-order valence-electron chi connectivity index (χ2n) is 3.27. The Morgan fingerprint density at radius 1 is 1.30 bits per heavy atom. The normalized spacial score (nSPS) is 17.4. The molecule has 0 fully saturated rings. The van der Waals surface area contributed by atoms with Crippen molar-refractivity contribution in [3.05, 3.63) is 0 Å². The highest BCUT2D eigenvalue weighted by Crippen LogP contribution is 2.16. The fourth-order valence-electron chi connectivity index (χ4n) is 0.764. The van der Waals surface area contributed by atoms with E-state index in [2.05, 4.69) is 20.8 Å². The van der Waals surface area contributed by atoms with Crippen molar-refractivity contribution >= 4 is 11.6 Å². The molecule has 2 atom stereocenters. The summed E-state index contributed by atoms with van der Waals surface area (Å²) < 4.78 is 0. The summed E-state index contributed by atoms with van der Waals surface area (Å²) >= 11 is 5.45. The largest absolute Gasteiger partial charge is 0.392 e. The summed E-state index contributed by atoms with van der Waals surface area (Å²) in [6, 6.07) is 0. The lowest BCUT2D eigenvalue weighted by atomic mass is 9.93. The van der Waals surface area contributed by atoms with Gasteiger partial charge in [-0.2, -0.15) is 0 Å². The lowest BCUT2D eigenvalue weighted by molar-refractivity contribution is 0.154. The van der Waals surface area contributed by atoms with Gasteiger partial charge in [-0.1, -0.05) is 20.8 Å². The number of aliphatic hydroxyl groups excluding tert-OH is 1. The topological polar surface area (TPSA) is 20.2 Å². The number of alkyl halides is 1. The average Bonchev–Trinajstić information content (AvgIpc) is 1.87. The zero-order valence-corrected chi connectivity index (χ0v) is 7.73. The molecule has 0 aliphatic heterocycles. The first-order chi connectivity index (χ1) is 4.57. The fourth-order valence-corrected chi connectivity index (χ4v) is 0.890. The van der Waals surface area contributed by atoms with Gasteiger partial charge in [0.2, 0.25) is 0 Å². The van der Waals surface area contributed by atoms with Gasteiger partial charge in [-0.15, -0.1) is 11.6 Å². The van der Waals surface area contributed by atoms with Crippen LogP contribution in [0.5, 0.6) is 0 Å². The highest BCUT2D eigenvalue weighted by molar-refractivity contribution is 6.18. The predicted octanol–water partition coefficient (Wildman–Crippen LogP) is 2.27. The third kappa shape index (κ3) is 4.13. The molecule has 1 N–H and O–H groups in total. The molecular formula is C8H17ClO. The van der Waals surface area contributed by atoms with Gasteiger partial charge >= 0.3 is 0 Å². The lowest BCUT2D eigenvalue weighted by Crippen LogP contribution is -2.16. The zero-order valence-electron chi connectivity index (χ0n) is 6.97. The van der Waals surface area contributed by atoms with Crippen molar-refractivity contribution in [1.29, 1.82) is 0 Å². The highest BCUT2D eigenvalue weighted by atomic mass is 35.5. The van der Waals surface area contributed by atoms with Crippen LogP contribution in [0.15, 0.2) is 0 Å². The molecule has 0 rings (SSSR count). The average molecular weight is 165 g/mol. The van der Waals surface area contributed by atoms with E-state index in [-0.39, 0.29) is 6.10 Å². The van der Waals surface area contributed by atoms with Crippen molar-refractivity contribution in [2.75, 3.05) is 5.88 Å². The molecule has 0 aliphatic carbocycles. The standard InChI is InChI=1S/C8H17ClO/c1-6(2)7(3)4-8(10)5-9/h6-8,10H,4-5H2,1-3H3. The predicted molar refractivity (Wildman–Crippen MR) is 45.3 cm³/mol. The minimum atomic E-state index is -0.320. The van der Waals surface area contributed by atoms with E-state index in [4.69, 9.17) is 16.7 Å². The summed E-state index contributed by atoms with van der Waals surface area (Å²) in [7, 11) is 0. The van der Waals surface area contributed by atoms with E-state index < -0.39 is 0 Å². The Hall–Kier alpha value is 0.250. The van der Waals surface area contributed by atoms with Crippen LogP contribution in [0.1, 0.15) is 27.2 Å². The molecule has 0 saturated heterocycles. The Kier molecular flexibility index (Phi) is 5.10. The Morgan fingerprint density at radius 2 is 1.80 bits per heavy atom. The van der Waals surface area contributed by atoms with Crippen molar-refractivity contribution in [3.8, 4) is 0 Å². The highest BCUT2D eigenvalue weighted by Gasteiger charge is 2.11. The molecule has 1 nitrogen and oxygen atoms in total. The van der Waals surface area contributed by atoms with Crippen molar-refractivity contribution in [2.24, 2.45) is 11.8 Å². The Labute approximate surface area is 68.4 Å². The van der Waals surface area contributed by atoms with Crippen LogP contribution in [0.2, 0.25) is 0 Å². The second-order valence-corrected chi connectivity index (χ2v) is 3.57. The van der Waals surface area contributed by atoms with Crippen LogP contribution < -0.4 is 0 Å². The van der Waals surface area contributed by atoms with Crippen molar-refractivity contribution in [3.63, 3.8) is 0 Å². The summed E-state index contributed by atoms with van der Waals surface area (Å²) in [5.41, 5.74) is 0. The van der Waals surface area contributed by atoms with Gasteiger partial charge in [-0.05, 0) is 18.3 Å². The van der Waals surface area contributed by atoms with Crippen molar-refractivity contribution < 1.29 is 5.11 Å². The first kappa shape index (κ1) is 10.2. The molecule has 62 valence electrons. The van der Waals surface area contributed by atoms with Gasteiger partial charge in [-0.25, -0.2) is 0 Å². The fraction of sp³-hybridized carbons (Fsp3) is 1.00. The second kappa shape index (κ2) is 4.97. The quantitative estimate of drug-likeness (QED) is 0.633. The van der Waals surface area contributed by atoms with E-state index >= 15 is 0 Å². The molecule has 0 bridgehead atoms. The lowest BCUT2D eigenvalue weighted by Gasteiger charge is -2.17. The molecule has 0 amide bonds. The van der Waals surface area contributed by atoms with E-state index in [1.54, 1.807) is 0 Å². The third-order valence-electron chi connectivity index (χ3n) is 1.96. The third-order valence-corrected chi connectivity index (χ3v) is 2.32. The van der Waals surface area contributed by atoms with Crippen LogP contribution in [0, 0.1) is 11.8 Å². The monoisotopic (exact) mass is 164 g/mol. The SMILES string of the molecule is CC(C)C(C)CC(O)CCl. The maximum atomic E-state index is 9.15. The number of halogens is 1. The summed E-state index contributed by atoms with van der Waals surface area (Å²) in [4.78, 5) is 0. The van der Waals surface area contributed by atoms with E-state index in [0.29, 0.717) is 17.7 Å². The zero-order chi connectivity index (χ0) is 8.15. The van der Waals surface area contributed by atoms with Crippen LogP contribution in [-0.4, -0.2) is 17.1 Å². The molecule has 0 aromatic carbocycles. The number of hydrogen-bond donors (Lipinski definition) is 1. The summed E-state index contributed by atoms with van der Waals surface area (Å²) in [5.74, 6) is 1.56. The molecule has 2 heteroatoms. The van der Waals surface area contributed by atoms with Gasteiger partial charge in [0.1, 0.15) is 0 Å². The first-order valence-electron chi connectivity index (χ1n) is 3.82. The van der Waals surface area contributed by atoms with Crippen LogP contribution in [0.3, 0.4) is 0 Å². The molecule has 0 aromatic heterocycles. The summed E-state index contributed by atoms with van der Waals surface area (Å²) in [6.45, 7) is 6.46. The summed E-state index contributed by atoms with van der Waals surface area (Å²) in [6.07, 6.45) is 0.500. The van der Waals surface area contributed by atoms with E-state index in [1.807, 2.05) is 0 Å². The van der Waals surface area contributed by atoms with Gasteiger partial charge in [0.05, 0.1) is 6.10 Å². The summed E-state index contributed by atoms with van der Waals surface area (Å²) in [5, 5.41) is 9.15. The van der Waals surface area contributed by atoms with E-state index in [1.165, 1.54) is 0 Å². The molecule has 0 saturated carbocycles. The Balaban J connectivity index is 3.46. The van der Waals surface area contributed by atoms with Gasteiger partial charge in [0, 0.05) is 5.88 Å². The smallest absolute Gasteiger partial charge is 0.0678 e. The molecule has 0 spiro atoms. The minimum absolute atomic E-state index is 0.320. The van der Waals surface area contributed by atoms with Gasteiger partial charge in [-0.3, -0.25) is 0 Å². The van der Waals surface area contributed by atoms with Gasteiger partial charge in [0.15, 0.2) is 0 Å². The Morgan fingerprint density at radius 3 is 2.10 bits per heavy atom. The van der Waals surface area contributed by atoms with Gasteiger partial charge < -0.3 is 5.11 Å². The maximum Gasteiger partial charge on any atom is 0.0678 e. The molecule has 0 heterocycles. The van der Waals surface area contributed by atoms with Crippen LogP contribution >= 0.6 is 11.6 Å². The molecule has 0 aromatic rings. The van der Waals surface area contributed by atoms with Crippen LogP contribution in [0.25, 0.3) is 0 Å². The van der Waals surface area contributed by atoms with Crippen molar-refractivity contribution in [2.45, 2.75) is 33.3 Å². The molecule has 0 aliphatic rings. The molecule has 10 heavy (non-hydrogen) atoms. The number of hydrogen-bond acceptors (Lipinski definition) is 1. The molecular weight excluding hydrogens is 148 g/mol.